The molecule has 1 N–H and O–H groups in total. The van der Waals surface area contributed by atoms with Gasteiger partial charge in [0, 0.05) is 57.9 Å². The van der Waals surface area contributed by atoms with E-state index in [1.54, 1.807) is 4.90 Å². The Morgan fingerprint density at radius 2 is 1.85 bits per heavy atom. The summed E-state index contributed by atoms with van der Waals surface area (Å²) in [6, 6.07) is 0.448. The standard InChI is InChI=1S/C23H38N6O4/c1-23(2,3)33-22(30)29-10-8-28(9-11-29)20-18-5-6-24-17-19(18)25-21(26-20)32-14-4-7-27-12-15-31-16-13-27/h24H,4-17H2,1-3H3. The summed E-state index contributed by atoms with van der Waals surface area (Å²) in [5, 5.41) is 3.40. The van der Waals surface area contributed by atoms with Gasteiger partial charge < -0.3 is 29.3 Å². The molecule has 0 spiro atoms. The van der Waals surface area contributed by atoms with E-state index >= 15 is 0 Å². The van der Waals surface area contributed by atoms with Crippen molar-refractivity contribution in [1.29, 1.82) is 0 Å². The van der Waals surface area contributed by atoms with Crippen LogP contribution < -0.4 is 15.0 Å². The number of aromatic nitrogens is 2. The normalized spacial score (nSPS) is 19.8. The van der Waals surface area contributed by atoms with E-state index in [0.29, 0.717) is 38.8 Å². The highest BCUT2D eigenvalue weighted by Crippen LogP contribution is 2.27. The highest BCUT2D eigenvalue weighted by molar-refractivity contribution is 5.68. The Morgan fingerprint density at radius 1 is 1.09 bits per heavy atom. The van der Waals surface area contributed by atoms with Crippen LogP contribution >= 0.6 is 0 Å². The van der Waals surface area contributed by atoms with Crippen molar-refractivity contribution < 1.29 is 19.0 Å². The molecule has 0 atom stereocenters. The number of rotatable bonds is 6. The summed E-state index contributed by atoms with van der Waals surface area (Å²) in [5.41, 5.74) is 1.73. The molecular formula is C23H38N6O4. The van der Waals surface area contributed by atoms with Crippen LogP contribution in [0.15, 0.2) is 0 Å². The molecule has 2 fully saturated rings. The first kappa shape index (κ1) is 24.0. The van der Waals surface area contributed by atoms with Gasteiger partial charge >= 0.3 is 12.1 Å². The van der Waals surface area contributed by atoms with Crippen LogP contribution in [-0.2, 0) is 22.4 Å². The van der Waals surface area contributed by atoms with E-state index in [4.69, 9.17) is 24.2 Å². The Bertz CT molecular complexity index is 801. The number of anilines is 1. The van der Waals surface area contributed by atoms with Crippen molar-refractivity contribution in [3.05, 3.63) is 11.3 Å². The van der Waals surface area contributed by atoms with E-state index in [9.17, 15) is 4.79 Å². The van der Waals surface area contributed by atoms with Crippen LogP contribution in [0.25, 0.3) is 0 Å². The number of carbonyl (C=O) groups excluding carboxylic acids is 1. The Balaban J connectivity index is 1.36. The van der Waals surface area contributed by atoms with Gasteiger partial charge in [-0.3, -0.25) is 4.90 Å². The molecule has 1 aromatic heterocycles. The second-order valence-electron chi connectivity index (χ2n) is 9.79. The SMILES string of the molecule is CC(C)(C)OC(=O)N1CCN(c2nc(OCCCN3CCOCC3)nc3c2CCNC3)CC1. The summed E-state index contributed by atoms with van der Waals surface area (Å²) in [7, 11) is 0. The molecule has 10 nitrogen and oxygen atoms in total. The Hall–Kier alpha value is -2.17. The number of morpholine rings is 1. The van der Waals surface area contributed by atoms with E-state index in [2.05, 4.69) is 15.1 Å². The molecule has 0 radical (unpaired) electrons. The number of nitrogens with one attached hydrogen (secondary N) is 1. The number of piperazine rings is 1. The second-order valence-corrected chi connectivity index (χ2v) is 9.79. The van der Waals surface area contributed by atoms with Gasteiger partial charge in [-0.2, -0.15) is 9.97 Å². The third-order valence-electron chi connectivity index (χ3n) is 6.08. The quantitative estimate of drug-likeness (QED) is 0.628. The maximum Gasteiger partial charge on any atom is 0.410 e. The summed E-state index contributed by atoms with van der Waals surface area (Å²) in [5.74, 6) is 0.952. The van der Waals surface area contributed by atoms with Crippen molar-refractivity contribution in [3.8, 4) is 6.01 Å². The number of hydrogen-bond acceptors (Lipinski definition) is 9. The van der Waals surface area contributed by atoms with E-state index in [1.165, 1.54) is 5.56 Å². The van der Waals surface area contributed by atoms with Gasteiger partial charge in [-0.15, -0.1) is 0 Å². The minimum Gasteiger partial charge on any atom is -0.463 e. The number of ether oxygens (including phenoxy) is 3. The fourth-order valence-electron chi connectivity index (χ4n) is 4.35. The molecule has 1 amide bonds. The summed E-state index contributed by atoms with van der Waals surface area (Å²) in [6.45, 7) is 15.2. The van der Waals surface area contributed by atoms with E-state index in [-0.39, 0.29) is 6.09 Å². The van der Waals surface area contributed by atoms with E-state index in [1.807, 2.05) is 20.8 Å². The predicted molar refractivity (Wildman–Crippen MR) is 125 cm³/mol. The number of nitrogens with zero attached hydrogens (tertiary/aromatic N) is 5. The van der Waals surface area contributed by atoms with Crippen LogP contribution in [0.3, 0.4) is 0 Å². The monoisotopic (exact) mass is 462 g/mol. The van der Waals surface area contributed by atoms with Gasteiger partial charge in [-0.1, -0.05) is 0 Å². The van der Waals surface area contributed by atoms with Crippen LogP contribution in [0.4, 0.5) is 10.6 Å². The summed E-state index contributed by atoms with van der Waals surface area (Å²) in [6.07, 6.45) is 1.58. The first-order valence-electron chi connectivity index (χ1n) is 12.2. The maximum absolute atomic E-state index is 12.4. The Kier molecular flexibility index (Phi) is 7.87. The molecule has 184 valence electrons. The molecule has 0 saturated carbocycles. The van der Waals surface area contributed by atoms with Crippen LogP contribution in [0.5, 0.6) is 6.01 Å². The van der Waals surface area contributed by atoms with Crippen LogP contribution in [0.2, 0.25) is 0 Å². The minimum atomic E-state index is -0.485. The molecule has 0 bridgehead atoms. The fourth-order valence-corrected chi connectivity index (χ4v) is 4.35. The Morgan fingerprint density at radius 3 is 2.58 bits per heavy atom. The molecule has 4 heterocycles. The average Bonchev–Trinajstić information content (AvgIpc) is 2.81. The number of carbonyl (C=O) groups is 1. The predicted octanol–water partition coefficient (Wildman–Crippen LogP) is 1.28. The molecule has 3 aliphatic heterocycles. The van der Waals surface area contributed by atoms with Crippen molar-refractivity contribution in [2.24, 2.45) is 0 Å². The lowest BCUT2D eigenvalue weighted by Gasteiger charge is -2.37. The maximum atomic E-state index is 12.4. The first-order valence-corrected chi connectivity index (χ1v) is 12.2. The smallest absolute Gasteiger partial charge is 0.410 e. The van der Waals surface area contributed by atoms with E-state index in [0.717, 1.165) is 70.3 Å². The summed E-state index contributed by atoms with van der Waals surface area (Å²) in [4.78, 5) is 28.4. The minimum absolute atomic E-state index is 0.250. The topological polar surface area (TPSA) is 92.3 Å². The number of hydrogen-bond donors (Lipinski definition) is 1. The molecule has 2 saturated heterocycles. The Labute approximate surface area is 196 Å². The van der Waals surface area contributed by atoms with Crippen molar-refractivity contribution in [2.45, 2.75) is 45.8 Å². The van der Waals surface area contributed by atoms with Gasteiger partial charge in [-0.05, 0) is 40.2 Å². The zero-order chi connectivity index (χ0) is 23.3. The van der Waals surface area contributed by atoms with Crippen LogP contribution in [0, 0.1) is 0 Å². The lowest BCUT2D eigenvalue weighted by atomic mass is 10.1. The molecule has 4 rings (SSSR count). The molecule has 1 aromatic rings. The molecular weight excluding hydrogens is 424 g/mol. The largest absolute Gasteiger partial charge is 0.463 e. The van der Waals surface area contributed by atoms with Gasteiger partial charge in [0.15, 0.2) is 0 Å². The molecule has 0 aliphatic carbocycles. The molecule has 33 heavy (non-hydrogen) atoms. The highest BCUT2D eigenvalue weighted by atomic mass is 16.6. The summed E-state index contributed by atoms with van der Waals surface area (Å²) < 4.78 is 16.9. The lowest BCUT2D eigenvalue weighted by molar-refractivity contribution is 0.0240. The zero-order valence-corrected chi connectivity index (χ0v) is 20.3. The zero-order valence-electron chi connectivity index (χ0n) is 20.3. The third-order valence-corrected chi connectivity index (χ3v) is 6.08. The van der Waals surface area contributed by atoms with Crippen molar-refractivity contribution in [2.75, 3.05) is 77.1 Å². The second kappa shape index (κ2) is 10.8. The van der Waals surface area contributed by atoms with Crippen LogP contribution in [0.1, 0.15) is 38.4 Å². The average molecular weight is 463 g/mol. The molecule has 3 aliphatic rings. The van der Waals surface area contributed by atoms with Gasteiger partial charge in [0.2, 0.25) is 0 Å². The number of amides is 1. The van der Waals surface area contributed by atoms with Crippen molar-refractivity contribution in [1.82, 2.24) is 25.1 Å². The van der Waals surface area contributed by atoms with Gasteiger partial charge in [-0.25, -0.2) is 4.79 Å². The fraction of sp³-hybridized carbons (Fsp3) is 0.783. The summed E-state index contributed by atoms with van der Waals surface area (Å²) >= 11 is 0. The number of fused-ring (bicyclic) bond motifs is 1. The van der Waals surface area contributed by atoms with Crippen LogP contribution in [-0.4, -0.2) is 104 Å². The van der Waals surface area contributed by atoms with Gasteiger partial charge in [0.1, 0.15) is 11.4 Å². The highest BCUT2D eigenvalue weighted by Gasteiger charge is 2.29. The lowest BCUT2D eigenvalue weighted by Crippen LogP contribution is -2.50. The van der Waals surface area contributed by atoms with Gasteiger partial charge in [0.25, 0.3) is 0 Å². The van der Waals surface area contributed by atoms with Gasteiger partial charge in [0.05, 0.1) is 25.5 Å². The van der Waals surface area contributed by atoms with E-state index < -0.39 is 5.60 Å². The van der Waals surface area contributed by atoms with Crippen molar-refractivity contribution in [3.63, 3.8) is 0 Å². The third kappa shape index (κ3) is 6.68. The first-order chi connectivity index (χ1) is 15.9. The van der Waals surface area contributed by atoms with Crippen molar-refractivity contribution >= 4 is 11.9 Å². The molecule has 10 heteroatoms. The molecule has 0 aromatic carbocycles. The molecule has 0 unspecified atom stereocenters.